The van der Waals surface area contributed by atoms with Gasteiger partial charge in [0.25, 0.3) is 0 Å². The molecule has 5 rings (SSSR count). The average Bonchev–Trinajstić information content (AvgIpc) is 3.13. The van der Waals surface area contributed by atoms with E-state index in [1.54, 1.807) is 30.3 Å². The van der Waals surface area contributed by atoms with Gasteiger partial charge in [0.1, 0.15) is 5.82 Å². The van der Waals surface area contributed by atoms with E-state index in [-0.39, 0.29) is 31.0 Å². The Morgan fingerprint density at radius 2 is 1.64 bits per heavy atom. The number of Topliss-reactive ketones (excluding diaryl/α,β-unsaturated/α-hetero) is 1. The lowest BCUT2D eigenvalue weighted by Crippen LogP contribution is -2.38. The lowest BCUT2D eigenvalue weighted by atomic mass is 9.78. The zero-order valence-corrected chi connectivity index (χ0v) is 23.5. The summed E-state index contributed by atoms with van der Waals surface area (Å²) >= 11 is 0. The van der Waals surface area contributed by atoms with Crippen molar-refractivity contribution in [3.05, 3.63) is 88.9 Å². The minimum atomic E-state index is -1.12. The summed E-state index contributed by atoms with van der Waals surface area (Å²) in [6, 6.07) is 15.5. The van der Waals surface area contributed by atoms with Crippen LogP contribution in [0.25, 0.3) is 0 Å². The molecule has 1 heterocycles. The van der Waals surface area contributed by atoms with Gasteiger partial charge in [0.05, 0.1) is 45.2 Å². The SMILES string of the molecule is COc1cc([C@@H]2CC(=O)C3=C(C2)Nc2ccccc2N(C(=O)CCC(=O)O)[C@@H]3c2cccc(F)c2)cc(OC)c1OC. The van der Waals surface area contributed by atoms with Crippen molar-refractivity contribution in [1.29, 1.82) is 0 Å². The van der Waals surface area contributed by atoms with Crippen LogP contribution in [0, 0.1) is 5.82 Å². The van der Waals surface area contributed by atoms with Crippen molar-refractivity contribution in [2.24, 2.45) is 0 Å². The molecule has 9 nitrogen and oxygen atoms in total. The van der Waals surface area contributed by atoms with E-state index in [4.69, 9.17) is 14.2 Å². The molecule has 0 radical (unpaired) electrons. The minimum Gasteiger partial charge on any atom is -0.493 e. The predicted molar refractivity (Wildman–Crippen MR) is 154 cm³/mol. The zero-order valence-electron chi connectivity index (χ0n) is 23.5. The first-order valence-electron chi connectivity index (χ1n) is 13.5. The maximum Gasteiger partial charge on any atom is 0.303 e. The molecule has 10 heteroatoms. The van der Waals surface area contributed by atoms with Crippen molar-refractivity contribution < 1.29 is 38.1 Å². The lowest BCUT2D eigenvalue weighted by molar-refractivity contribution is -0.138. The van der Waals surface area contributed by atoms with Crippen LogP contribution in [0.15, 0.2) is 71.9 Å². The van der Waals surface area contributed by atoms with Gasteiger partial charge in [0, 0.05) is 24.1 Å². The second kappa shape index (κ2) is 11.9. The number of rotatable bonds is 8. The number of fused-ring (bicyclic) bond motifs is 1. The third-order valence-electron chi connectivity index (χ3n) is 7.63. The number of methoxy groups -OCH3 is 3. The van der Waals surface area contributed by atoms with E-state index in [2.05, 4.69) is 5.32 Å². The Hall–Kier alpha value is -4.86. The molecule has 1 aliphatic heterocycles. The molecule has 1 amide bonds. The molecular weight excluding hydrogens is 543 g/mol. The quantitative estimate of drug-likeness (QED) is 0.357. The van der Waals surface area contributed by atoms with Crippen LogP contribution >= 0.6 is 0 Å². The summed E-state index contributed by atoms with van der Waals surface area (Å²) in [6.45, 7) is 0. The number of ether oxygens (including phenoxy) is 3. The number of hydrogen-bond acceptors (Lipinski definition) is 7. The molecule has 1 aliphatic carbocycles. The molecule has 218 valence electrons. The van der Waals surface area contributed by atoms with Gasteiger partial charge in [0.2, 0.25) is 11.7 Å². The Labute approximate surface area is 242 Å². The van der Waals surface area contributed by atoms with Gasteiger partial charge in [-0.05, 0) is 59.9 Å². The third-order valence-corrected chi connectivity index (χ3v) is 7.63. The number of nitrogens with one attached hydrogen (secondary N) is 1. The molecule has 0 bridgehead atoms. The van der Waals surface area contributed by atoms with Gasteiger partial charge in [-0.25, -0.2) is 4.39 Å². The number of carboxylic acid groups (broad SMARTS) is 1. The molecule has 42 heavy (non-hydrogen) atoms. The summed E-state index contributed by atoms with van der Waals surface area (Å²) in [7, 11) is 4.57. The van der Waals surface area contributed by atoms with Gasteiger partial charge < -0.3 is 24.6 Å². The van der Waals surface area contributed by atoms with E-state index < -0.39 is 23.7 Å². The number of para-hydroxylation sites is 2. The molecule has 3 aromatic rings. The number of amides is 1. The van der Waals surface area contributed by atoms with Crippen LogP contribution in [0.5, 0.6) is 17.2 Å². The summed E-state index contributed by atoms with van der Waals surface area (Å²) < 4.78 is 31.1. The highest BCUT2D eigenvalue weighted by molar-refractivity contribution is 6.06. The number of hydrogen-bond donors (Lipinski definition) is 2. The molecule has 2 aliphatic rings. The van der Waals surface area contributed by atoms with E-state index in [1.165, 1.54) is 44.4 Å². The Morgan fingerprint density at radius 3 is 2.29 bits per heavy atom. The first kappa shape index (κ1) is 28.7. The van der Waals surface area contributed by atoms with Gasteiger partial charge in [-0.2, -0.15) is 0 Å². The highest BCUT2D eigenvalue weighted by Gasteiger charge is 2.42. The topological polar surface area (TPSA) is 114 Å². The molecule has 0 fully saturated rings. The van der Waals surface area contributed by atoms with E-state index in [9.17, 15) is 23.9 Å². The zero-order chi connectivity index (χ0) is 30.0. The number of carboxylic acids is 1. The summed E-state index contributed by atoms with van der Waals surface area (Å²) in [5.41, 5.74) is 3.19. The molecule has 2 atom stereocenters. The summed E-state index contributed by atoms with van der Waals surface area (Å²) in [4.78, 5) is 40.7. The maximum atomic E-state index is 14.6. The number of ketones is 1. The van der Waals surface area contributed by atoms with E-state index in [1.807, 2.05) is 12.1 Å². The van der Waals surface area contributed by atoms with E-state index >= 15 is 0 Å². The number of halogens is 1. The highest BCUT2D eigenvalue weighted by Crippen LogP contribution is 2.49. The third kappa shape index (κ3) is 5.39. The van der Waals surface area contributed by atoms with Crippen LogP contribution in [0.1, 0.15) is 48.8 Å². The molecule has 0 unspecified atom stereocenters. The molecule has 0 spiro atoms. The smallest absolute Gasteiger partial charge is 0.303 e. The van der Waals surface area contributed by atoms with Gasteiger partial charge in [0.15, 0.2) is 17.3 Å². The van der Waals surface area contributed by atoms with Crippen molar-refractivity contribution >= 4 is 29.0 Å². The van der Waals surface area contributed by atoms with Gasteiger partial charge in [-0.15, -0.1) is 0 Å². The van der Waals surface area contributed by atoms with Crippen LogP contribution in [-0.2, 0) is 14.4 Å². The van der Waals surface area contributed by atoms with Crippen LogP contribution in [-0.4, -0.2) is 44.1 Å². The number of nitrogens with zero attached hydrogens (tertiary/aromatic N) is 1. The molecule has 2 N–H and O–H groups in total. The number of carbonyl (C=O) groups is 3. The number of anilines is 2. The number of aliphatic carboxylic acids is 1. The van der Waals surface area contributed by atoms with Crippen LogP contribution in [0.3, 0.4) is 0 Å². The van der Waals surface area contributed by atoms with Crippen LogP contribution in [0.4, 0.5) is 15.8 Å². The van der Waals surface area contributed by atoms with E-state index in [0.29, 0.717) is 51.9 Å². The highest BCUT2D eigenvalue weighted by atomic mass is 19.1. The van der Waals surface area contributed by atoms with Gasteiger partial charge in [-0.1, -0.05) is 24.3 Å². The van der Waals surface area contributed by atoms with Crippen molar-refractivity contribution in [2.75, 3.05) is 31.5 Å². The predicted octanol–water partition coefficient (Wildman–Crippen LogP) is 5.62. The molecule has 0 saturated heterocycles. The largest absolute Gasteiger partial charge is 0.493 e. The summed E-state index contributed by atoms with van der Waals surface area (Å²) in [5, 5.41) is 12.7. The van der Waals surface area contributed by atoms with Crippen molar-refractivity contribution in [1.82, 2.24) is 0 Å². The van der Waals surface area contributed by atoms with Crippen molar-refractivity contribution in [2.45, 2.75) is 37.6 Å². The average molecular weight is 575 g/mol. The Kier molecular flexibility index (Phi) is 8.15. The van der Waals surface area contributed by atoms with E-state index in [0.717, 1.165) is 5.56 Å². The lowest BCUT2D eigenvalue weighted by Gasteiger charge is -2.35. The summed E-state index contributed by atoms with van der Waals surface area (Å²) in [5.74, 6) is -1.25. The van der Waals surface area contributed by atoms with Crippen LogP contribution in [0.2, 0.25) is 0 Å². The fourth-order valence-electron chi connectivity index (χ4n) is 5.76. The Bertz CT molecular complexity index is 1560. The van der Waals surface area contributed by atoms with Crippen molar-refractivity contribution in [3.8, 4) is 17.2 Å². The summed E-state index contributed by atoms with van der Waals surface area (Å²) in [6.07, 6.45) is -0.167. The van der Waals surface area contributed by atoms with Crippen molar-refractivity contribution in [3.63, 3.8) is 0 Å². The normalized spacial score (nSPS) is 17.9. The monoisotopic (exact) mass is 574 g/mol. The fraction of sp³-hybridized carbons (Fsp3) is 0.281. The second-order valence-corrected chi connectivity index (χ2v) is 10.1. The molecule has 3 aromatic carbocycles. The minimum absolute atomic E-state index is 0.110. The maximum absolute atomic E-state index is 14.6. The number of carbonyl (C=O) groups excluding carboxylic acids is 2. The van der Waals surface area contributed by atoms with Gasteiger partial charge >= 0.3 is 5.97 Å². The first-order chi connectivity index (χ1) is 20.2. The number of allylic oxidation sites excluding steroid dienone is 1. The molecular formula is C32H31FN2O7. The van der Waals surface area contributed by atoms with Crippen LogP contribution < -0.4 is 24.4 Å². The Morgan fingerprint density at radius 1 is 0.929 bits per heavy atom. The Balaban J connectivity index is 1.67. The number of benzene rings is 3. The standard InChI is InChI=1S/C32H31FN2O7/c1-40-26-16-20(17-27(41-2)32(26)42-3)19-14-23-30(25(36)15-19)31(18-7-6-8-21(33)13-18)35(28(37)11-12-29(38)39)24-10-5-4-9-22(24)34-23/h4-10,13,16-17,19,31,34H,11-12,14-15H2,1-3H3,(H,38,39)/t19-,31+/m0/s1. The second-order valence-electron chi connectivity index (χ2n) is 10.1. The first-order valence-corrected chi connectivity index (χ1v) is 13.5. The fourth-order valence-corrected chi connectivity index (χ4v) is 5.76. The van der Waals surface area contributed by atoms with Gasteiger partial charge in [-0.3, -0.25) is 19.3 Å². The molecule has 0 aromatic heterocycles. The molecule has 0 saturated carbocycles.